The van der Waals surface area contributed by atoms with Crippen molar-refractivity contribution in [3.8, 4) is 21.6 Å². The summed E-state index contributed by atoms with van der Waals surface area (Å²) in [6.45, 7) is 0. The highest BCUT2D eigenvalue weighted by molar-refractivity contribution is 7.18. The van der Waals surface area contributed by atoms with E-state index >= 15 is 0 Å². The first kappa shape index (κ1) is 8.46. The number of aromatic nitrogens is 2. The van der Waals surface area contributed by atoms with E-state index in [9.17, 15) is 0 Å². The van der Waals surface area contributed by atoms with Crippen molar-refractivity contribution < 1.29 is 9.84 Å². The minimum atomic E-state index is 0.0485. The van der Waals surface area contributed by atoms with Gasteiger partial charge in [0.2, 0.25) is 11.8 Å². The topological polar surface area (TPSA) is 55.2 Å². The molecule has 0 spiro atoms. The van der Waals surface area contributed by atoms with Crippen LogP contribution in [-0.2, 0) is 0 Å². The van der Waals surface area contributed by atoms with Crippen LogP contribution < -0.4 is 4.74 Å². The van der Waals surface area contributed by atoms with Crippen LogP contribution >= 0.6 is 22.9 Å². The number of hydrogen-bond donors (Lipinski definition) is 1. The molecule has 68 valence electrons. The highest BCUT2D eigenvalue weighted by Gasteiger charge is 2.08. The van der Waals surface area contributed by atoms with Crippen LogP contribution in [0.3, 0.4) is 0 Å². The van der Waals surface area contributed by atoms with E-state index in [-0.39, 0.29) is 5.88 Å². The van der Waals surface area contributed by atoms with E-state index in [1.165, 1.54) is 22.9 Å². The summed E-state index contributed by atoms with van der Waals surface area (Å²) < 4.78 is 8.96. The van der Waals surface area contributed by atoms with E-state index in [1.54, 1.807) is 18.6 Å². The summed E-state index contributed by atoms with van der Waals surface area (Å²) >= 11 is 2.68. The SMILES string of the molecule is COc1cc(-c2nc(O)cs2)sn1. The van der Waals surface area contributed by atoms with Crippen LogP contribution in [0, 0.1) is 0 Å². The van der Waals surface area contributed by atoms with Crippen LogP contribution in [0.25, 0.3) is 9.88 Å². The molecule has 2 aromatic heterocycles. The molecular weight excluding hydrogens is 208 g/mol. The Morgan fingerprint density at radius 2 is 2.38 bits per heavy atom. The third-order valence-corrected chi connectivity index (χ3v) is 3.17. The summed E-state index contributed by atoms with van der Waals surface area (Å²) in [6, 6.07) is 1.79. The maximum absolute atomic E-state index is 9.03. The van der Waals surface area contributed by atoms with Gasteiger partial charge >= 0.3 is 0 Å². The molecular formula is C7H6N2O2S2. The van der Waals surface area contributed by atoms with E-state index in [4.69, 9.17) is 9.84 Å². The second-order valence-corrected chi connectivity index (χ2v) is 3.91. The molecule has 0 aliphatic heterocycles. The molecule has 0 aliphatic carbocycles. The lowest BCUT2D eigenvalue weighted by atomic mass is 10.5. The molecule has 2 aromatic rings. The highest BCUT2D eigenvalue weighted by Crippen LogP contribution is 2.31. The second kappa shape index (κ2) is 3.31. The number of hydrogen-bond acceptors (Lipinski definition) is 6. The first-order chi connectivity index (χ1) is 6.29. The molecule has 6 heteroatoms. The molecule has 0 atom stereocenters. The summed E-state index contributed by atoms with van der Waals surface area (Å²) in [5.41, 5.74) is 0. The molecule has 0 radical (unpaired) electrons. The number of nitrogens with zero attached hydrogens (tertiary/aromatic N) is 2. The predicted octanol–water partition coefficient (Wildman–Crippen LogP) is 1.98. The Hall–Kier alpha value is -1.14. The lowest BCUT2D eigenvalue weighted by Crippen LogP contribution is -1.78. The van der Waals surface area contributed by atoms with E-state index in [0.717, 1.165) is 9.88 Å². The van der Waals surface area contributed by atoms with Gasteiger partial charge in [0.1, 0.15) is 5.01 Å². The minimum absolute atomic E-state index is 0.0485. The molecule has 0 amide bonds. The fourth-order valence-corrected chi connectivity index (χ4v) is 2.27. The van der Waals surface area contributed by atoms with Crippen LogP contribution in [0.4, 0.5) is 0 Å². The zero-order chi connectivity index (χ0) is 9.26. The van der Waals surface area contributed by atoms with Gasteiger partial charge in [-0.15, -0.1) is 11.3 Å². The zero-order valence-electron chi connectivity index (χ0n) is 6.72. The summed E-state index contributed by atoms with van der Waals surface area (Å²) in [4.78, 5) is 4.82. The lowest BCUT2D eigenvalue weighted by molar-refractivity contribution is 0.403. The van der Waals surface area contributed by atoms with Gasteiger partial charge in [-0.3, -0.25) is 0 Å². The fourth-order valence-electron chi connectivity index (χ4n) is 0.834. The Balaban J connectivity index is 2.35. The van der Waals surface area contributed by atoms with Crippen molar-refractivity contribution in [2.45, 2.75) is 0 Å². The smallest absolute Gasteiger partial charge is 0.225 e. The molecule has 2 heterocycles. The average molecular weight is 214 g/mol. The number of aromatic hydroxyl groups is 1. The molecule has 1 N–H and O–H groups in total. The van der Waals surface area contributed by atoms with Crippen molar-refractivity contribution >= 4 is 22.9 Å². The standard InChI is InChI=1S/C7H6N2O2S2/c1-11-6-2-4(13-9-6)7-8-5(10)3-12-7/h2-3,10H,1H3. The molecule has 0 aromatic carbocycles. The molecule has 0 unspecified atom stereocenters. The van der Waals surface area contributed by atoms with Crippen molar-refractivity contribution in [2.75, 3.05) is 7.11 Å². The molecule has 0 bridgehead atoms. The van der Waals surface area contributed by atoms with Crippen LogP contribution in [0.1, 0.15) is 0 Å². The van der Waals surface area contributed by atoms with Crippen LogP contribution in [0.2, 0.25) is 0 Å². The number of rotatable bonds is 2. The third kappa shape index (κ3) is 1.63. The van der Waals surface area contributed by atoms with Gasteiger partial charge in [-0.05, 0) is 11.5 Å². The fraction of sp³-hybridized carbons (Fsp3) is 0.143. The lowest BCUT2D eigenvalue weighted by Gasteiger charge is -1.86. The summed E-state index contributed by atoms with van der Waals surface area (Å²) in [7, 11) is 1.57. The molecule has 13 heavy (non-hydrogen) atoms. The van der Waals surface area contributed by atoms with Crippen molar-refractivity contribution in [3.63, 3.8) is 0 Å². The Labute approximate surface area is 82.6 Å². The van der Waals surface area contributed by atoms with Gasteiger partial charge in [0.05, 0.1) is 17.4 Å². The van der Waals surface area contributed by atoms with Gasteiger partial charge in [-0.25, -0.2) is 4.98 Å². The maximum Gasteiger partial charge on any atom is 0.225 e. The first-order valence-electron chi connectivity index (χ1n) is 3.45. The molecule has 0 saturated carbocycles. The third-order valence-electron chi connectivity index (χ3n) is 1.40. The Bertz CT molecular complexity index is 410. The maximum atomic E-state index is 9.03. The largest absolute Gasteiger partial charge is 0.493 e. The summed E-state index contributed by atoms with van der Waals surface area (Å²) in [6.07, 6.45) is 0. The van der Waals surface area contributed by atoms with Crippen LogP contribution in [-0.4, -0.2) is 21.6 Å². The molecule has 4 nitrogen and oxygen atoms in total. The molecule has 0 fully saturated rings. The quantitative estimate of drug-likeness (QED) is 0.830. The van der Waals surface area contributed by atoms with Crippen molar-refractivity contribution in [1.82, 2.24) is 9.36 Å². The summed E-state index contributed by atoms with van der Waals surface area (Å²) in [5, 5.41) is 11.4. The second-order valence-electron chi connectivity index (χ2n) is 2.24. The van der Waals surface area contributed by atoms with E-state index < -0.39 is 0 Å². The Morgan fingerprint density at radius 1 is 1.54 bits per heavy atom. The predicted molar refractivity (Wildman–Crippen MR) is 51.4 cm³/mol. The van der Waals surface area contributed by atoms with Gasteiger partial charge < -0.3 is 9.84 Å². The van der Waals surface area contributed by atoms with Crippen LogP contribution in [0.15, 0.2) is 11.4 Å². The number of ether oxygens (including phenoxy) is 1. The van der Waals surface area contributed by atoms with Crippen LogP contribution in [0.5, 0.6) is 11.8 Å². The van der Waals surface area contributed by atoms with Gasteiger partial charge in [-0.2, -0.15) is 4.37 Å². The van der Waals surface area contributed by atoms with Gasteiger partial charge in [0.25, 0.3) is 0 Å². The van der Waals surface area contributed by atoms with E-state index in [2.05, 4.69) is 9.36 Å². The van der Waals surface area contributed by atoms with Crippen molar-refractivity contribution in [1.29, 1.82) is 0 Å². The van der Waals surface area contributed by atoms with Gasteiger partial charge in [0, 0.05) is 6.07 Å². The normalized spacial score (nSPS) is 10.2. The van der Waals surface area contributed by atoms with E-state index in [0.29, 0.717) is 5.88 Å². The Kier molecular flexibility index (Phi) is 2.15. The number of methoxy groups -OCH3 is 1. The van der Waals surface area contributed by atoms with E-state index in [1.807, 2.05) is 0 Å². The highest BCUT2D eigenvalue weighted by atomic mass is 32.1. The number of thiazole rings is 1. The molecule has 0 aliphatic rings. The van der Waals surface area contributed by atoms with Crippen molar-refractivity contribution in [3.05, 3.63) is 11.4 Å². The van der Waals surface area contributed by atoms with Gasteiger partial charge in [-0.1, -0.05) is 0 Å². The zero-order valence-corrected chi connectivity index (χ0v) is 8.35. The first-order valence-corrected chi connectivity index (χ1v) is 5.10. The monoisotopic (exact) mass is 214 g/mol. The summed E-state index contributed by atoms with van der Waals surface area (Å²) in [5.74, 6) is 0.627. The molecule has 2 rings (SSSR count). The molecule has 0 saturated heterocycles. The van der Waals surface area contributed by atoms with Crippen molar-refractivity contribution in [2.24, 2.45) is 0 Å². The van der Waals surface area contributed by atoms with Gasteiger partial charge in [0.15, 0.2) is 0 Å². The Morgan fingerprint density at radius 3 is 2.92 bits per heavy atom. The minimum Gasteiger partial charge on any atom is -0.493 e. The average Bonchev–Trinajstić information content (AvgIpc) is 2.71.